The van der Waals surface area contributed by atoms with Gasteiger partial charge in [0.2, 0.25) is 0 Å². The molecule has 0 aliphatic rings. The van der Waals surface area contributed by atoms with Crippen molar-refractivity contribution in [3.8, 4) is 5.75 Å². The third-order valence-electron chi connectivity index (χ3n) is 2.28. The Balaban J connectivity index is 1.96. The van der Waals surface area contributed by atoms with E-state index in [4.69, 9.17) is 4.74 Å². The van der Waals surface area contributed by atoms with Crippen LogP contribution in [-0.2, 0) is 6.73 Å². The Bertz CT molecular complexity index is 537. The van der Waals surface area contributed by atoms with Crippen molar-refractivity contribution in [2.45, 2.75) is 6.73 Å². The first-order valence-electron chi connectivity index (χ1n) is 5.33. The lowest BCUT2D eigenvalue weighted by Crippen LogP contribution is -2.19. The molecule has 0 atom stereocenters. The summed E-state index contributed by atoms with van der Waals surface area (Å²) in [7, 11) is 1.57. The van der Waals surface area contributed by atoms with Crippen LogP contribution in [0.5, 0.6) is 5.75 Å². The number of ether oxygens (including phenoxy) is 1. The zero-order valence-corrected chi connectivity index (χ0v) is 11.3. The second-order valence-corrected chi connectivity index (χ2v) is 4.46. The quantitative estimate of drug-likeness (QED) is 0.940. The lowest BCUT2D eigenvalue weighted by atomic mass is 10.3. The Morgan fingerprint density at radius 1 is 1.39 bits per heavy atom. The minimum Gasteiger partial charge on any atom is -0.471 e. The highest BCUT2D eigenvalue weighted by Crippen LogP contribution is 2.16. The van der Waals surface area contributed by atoms with Crippen LogP contribution in [0.1, 0.15) is 10.5 Å². The average molecular weight is 310 g/mol. The fourth-order valence-corrected chi connectivity index (χ4v) is 1.62. The van der Waals surface area contributed by atoms with Crippen molar-refractivity contribution in [1.29, 1.82) is 0 Å². The molecule has 0 saturated heterocycles. The summed E-state index contributed by atoms with van der Waals surface area (Å²) in [4.78, 5) is 11.3. The molecule has 1 aromatic carbocycles. The Labute approximate surface area is 113 Å². The maximum atomic E-state index is 11.3. The molecule has 6 heteroatoms. The van der Waals surface area contributed by atoms with Crippen LogP contribution in [0.2, 0.25) is 0 Å². The summed E-state index contributed by atoms with van der Waals surface area (Å²) >= 11 is 3.35. The van der Waals surface area contributed by atoms with Gasteiger partial charge in [0.05, 0.1) is 0 Å². The summed E-state index contributed by atoms with van der Waals surface area (Å²) in [6.45, 7) is 0.263. The van der Waals surface area contributed by atoms with E-state index in [0.29, 0.717) is 5.69 Å². The van der Waals surface area contributed by atoms with E-state index in [0.717, 1.165) is 10.2 Å². The van der Waals surface area contributed by atoms with Gasteiger partial charge in [-0.25, -0.2) is 4.68 Å². The molecule has 0 unspecified atom stereocenters. The van der Waals surface area contributed by atoms with Crippen molar-refractivity contribution in [1.82, 2.24) is 15.1 Å². The predicted molar refractivity (Wildman–Crippen MR) is 70.4 cm³/mol. The summed E-state index contributed by atoms with van der Waals surface area (Å²) in [5, 5.41) is 6.60. The Morgan fingerprint density at radius 3 is 2.78 bits per heavy atom. The molecule has 18 heavy (non-hydrogen) atoms. The van der Waals surface area contributed by atoms with Gasteiger partial charge < -0.3 is 10.1 Å². The van der Waals surface area contributed by atoms with Gasteiger partial charge in [-0.2, -0.15) is 5.10 Å². The smallest absolute Gasteiger partial charge is 0.271 e. The number of hydrogen-bond acceptors (Lipinski definition) is 3. The molecule has 0 aliphatic carbocycles. The van der Waals surface area contributed by atoms with Crippen molar-refractivity contribution < 1.29 is 9.53 Å². The zero-order valence-electron chi connectivity index (χ0n) is 9.76. The highest BCUT2D eigenvalue weighted by Gasteiger charge is 2.06. The molecule has 94 valence electrons. The monoisotopic (exact) mass is 309 g/mol. The summed E-state index contributed by atoms with van der Waals surface area (Å²) in [6.07, 6.45) is 1.70. The third kappa shape index (κ3) is 3.10. The molecule has 0 radical (unpaired) electrons. The van der Waals surface area contributed by atoms with Gasteiger partial charge in [-0.3, -0.25) is 4.79 Å². The molecule has 0 spiro atoms. The van der Waals surface area contributed by atoms with Crippen LogP contribution in [0.4, 0.5) is 0 Å². The number of carbonyl (C=O) groups is 1. The van der Waals surface area contributed by atoms with Crippen molar-refractivity contribution in [3.63, 3.8) is 0 Å². The first-order valence-corrected chi connectivity index (χ1v) is 6.12. The molecule has 1 aromatic heterocycles. The van der Waals surface area contributed by atoms with Crippen LogP contribution in [0.3, 0.4) is 0 Å². The number of amides is 1. The van der Waals surface area contributed by atoms with Crippen LogP contribution in [-0.4, -0.2) is 22.7 Å². The second kappa shape index (κ2) is 5.68. The van der Waals surface area contributed by atoms with E-state index < -0.39 is 0 Å². The van der Waals surface area contributed by atoms with Gasteiger partial charge in [0.1, 0.15) is 11.4 Å². The van der Waals surface area contributed by atoms with Crippen molar-refractivity contribution in [2.75, 3.05) is 7.05 Å². The molecule has 0 fully saturated rings. The highest BCUT2D eigenvalue weighted by molar-refractivity contribution is 9.10. The van der Waals surface area contributed by atoms with E-state index in [1.807, 2.05) is 24.3 Å². The van der Waals surface area contributed by atoms with Gasteiger partial charge in [0.25, 0.3) is 5.91 Å². The maximum Gasteiger partial charge on any atom is 0.271 e. The van der Waals surface area contributed by atoms with Gasteiger partial charge >= 0.3 is 0 Å². The molecule has 1 amide bonds. The predicted octanol–water partition coefficient (Wildman–Crippen LogP) is 2.04. The van der Waals surface area contributed by atoms with Gasteiger partial charge in [-0.15, -0.1) is 0 Å². The minimum absolute atomic E-state index is 0.211. The number of halogens is 1. The van der Waals surface area contributed by atoms with Gasteiger partial charge in [-0.1, -0.05) is 15.9 Å². The van der Waals surface area contributed by atoms with E-state index in [1.165, 1.54) is 0 Å². The molecular weight excluding hydrogens is 298 g/mol. The van der Waals surface area contributed by atoms with Crippen LogP contribution >= 0.6 is 15.9 Å². The van der Waals surface area contributed by atoms with Crippen LogP contribution in [0.15, 0.2) is 41.0 Å². The summed E-state index contributed by atoms with van der Waals surface area (Å²) in [6, 6.07) is 9.15. The highest BCUT2D eigenvalue weighted by atomic mass is 79.9. The Hall–Kier alpha value is -1.82. The topological polar surface area (TPSA) is 56.2 Å². The molecule has 1 N–H and O–H groups in total. The second-order valence-electron chi connectivity index (χ2n) is 3.55. The van der Waals surface area contributed by atoms with E-state index in [1.54, 1.807) is 24.0 Å². The lowest BCUT2D eigenvalue weighted by Gasteiger charge is -2.05. The van der Waals surface area contributed by atoms with Gasteiger partial charge in [0, 0.05) is 17.7 Å². The van der Waals surface area contributed by atoms with Crippen molar-refractivity contribution in [2.24, 2.45) is 0 Å². The fourth-order valence-electron chi connectivity index (χ4n) is 1.35. The number of hydrogen-bond donors (Lipinski definition) is 1. The number of rotatable bonds is 4. The minimum atomic E-state index is -0.211. The van der Waals surface area contributed by atoms with Crippen LogP contribution < -0.4 is 10.1 Å². The Kier molecular flexibility index (Phi) is 3.99. The first kappa shape index (κ1) is 12.6. The van der Waals surface area contributed by atoms with Crippen LogP contribution in [0.25, 0.3) is 0 Å². The summed E-state index contributed by atoms with van der Waals surface area (Å²) in [5.41, 5.74) is 0.372. The molecule has 1 heterocycles. The molecule has 2 rings (SSSR count). The van der Waals surface area contributed by atoms with Crippen molar-refractivity contribution >= 4 is 21.8 Å². The number of benzene rings is 1. The molecular formula is C12H12BrN3O2. The normalized spacial score (nSPS) is 10.1. The third-order valence-corrected chi connectivity index (χ3v) is 2.81. The van der Waals surface area contributed by atoms with E-state index >= 15 is 0 Å². The van der Waals surface area contributed by atoms with E-state index in [9.17, 15) is 4.79 Å². The first-order chi connectivity index (χ1) is 8.69. The Morgan fingerprint density at radius 2 is 2.11 bits per heavy atom. The van der Waals surface area contributed by atoms with Crippen molar-refractivity contribution in [3.05, 3.63) is 46.7 Å². The molecule has 5 nitrogen and oxygen atoms in total. The number of nitrogens with one attached hydrogen (secondary N) is 1. The van der Waals surface area contributed by atoms with E-state index in [2.05, 4.69) is 26.3 Å². The summed E-state index contributed by atoms with van der Waals surface area (Å²) < 4.78 is 8.08. The molecule has 0 saturated carbocycles. The van der Waals surface area contributed by atoms with Gasteiger partial charge in [-0.05, 0) is 30.3 Å². The largest absolute Gasteiger partial charge is 0.471 e. The average Bonchev–Trinajstić information content (AvgIpc) is 2.86. The van der Waals surface area contributed by atoms with E-state index in [-0.39, 0.29) is 12.6 Å². The van der Waals surface area contributed by atoms with Gasteiger partial charge in [0.15, 0.2) is 6.73 Å². The molecule has 0 bridgehead atoms. The fraction of sp³-hybridized carbons (Fsp3) is 0.167. The number of aromatic nitrogens is 2. The zero-order chi connectivity index (χ0) is 13.0. The standard InChI is InChI=1S/C12H12BrN3O2/c1-14-12(17)11-6-7-16(15-11)8-18-10-4-2-9(13)3-5-10/h2-7H,8H2,1H3,(H,14,17). The molecule has 2 aromatic rings. The van der Waals surface area contributed by atoms with Crippen LogP contribution in [0, 0.1) is 0 Å². The number of carbonyl (C=O) groups excluding carboxylic acids is 1. The number of nitrogens with zero attached hydrogens (tertiary/aromatic N) is 2. The maximum absolute atomic E-state index is 11.3. The SMILES string of the molecule is CNC(=O)c1ccn(COc2ccc(Br)cc2)n1. The lowest BCUT2D eigenvalue weighted by molar-refractivity contribution is 0.0956. The summed E-state index contributed by atoms with van der Waals surface area (Å²) in [5.74, 6) is 0.535. The molecule has 0 aliphatic heterocycles.